The van der Waals surface area contributed by atoms with Crippen LogP contribution in [-0.4, -0.2) is 31.2 Å². The van der Waals surface area contributed by atoms with Crippen LogP contribution in [0, 0.1) is 5.92 Å². The van der Waals surface area contributed by atoms with Gasteiger partial charge in [0.15, 0.2) is 0 Å². The summed E-state index contributed by atoms with van der Waals surface area (Å²) >= 11 is 0. The fourth-order valence-corrected chi connectivity index (χ4v) is 1.62. The van der Waals surface area contributed by atoms with Crippen LogP contribution < -0.4 is 11.1 Å². The van der Waals surface area contributed by atoms with Crippen molar-refractivity contribution >= 4 is 5.91 Å². The molecular formula is C10H20N2O2. The predicted octanol–water partition coefficient (Wildman–Crippen LogP) is 0.265. The minimum absolute atomic E-state index is 0.105. The SMILES string of the molecule is COC(CN)C(=O)NC(C)(C)C1CC1. The van der Waals surface area contributed by atoms with Gasteiger partial charge in [0.25, 0.3) is 5.91 Å². The summed E-state index contributed by atoms with van der Waals surface area (Å²) < 4.78 is 4.97. The molecule has 0 aromatic carbocycles. The lowest BCUT2D eigenvalue weighted by Crippen LogP contribution is -2.51. The van der Waals surface area contributed by atoms with Crippen LogP contribution in [0.1, 0.15) is 26.7 Å². The van der Waals surface area contributed by atoms with Gasteiger partial charge in [-0.25, -0.2) is 0 Å². The molecule has 3 N–H and O–H groups in total. The molecule has 0 spiro atoms. The van der Waals surface area contributed by atoms with Gasteiger partial charge in [-0.3, -0.25) is 4.79 Å². The second-order valence-electron chi connectivity index (χ2n) is 4.45. The predicted molar refractivity (Wildman–Crippen MR) is 54.8 cm³/mol. The molecule has 4 nitrogen and oxygen atoms in total. The Morgan fingerprint density at radius 1 is 1.64 bits per heavy atom. The summed E-state index contributed by atoms with van der Waals surface area (Å²) in [6.45, 7) is 4.32. The minimum Gasteiger partial charge on any atom is -0.370 e. The summed E-state index contributed by atoms with van der Waals surface area (Å²) in [7, 11) is 1.50. The van der Waals surface area contributed by atoms with E-state index >= 15 is 0 Å². The summed E-state index contributed by atoms with van der Waals surface area (Å²) in [5.74, 6) is 0.508. The van der Waals surface area contributed by atoms with E-state index in [0.717, 1.165) is 0 Å². The van der Waals surface area contributed by atoms with E-state index in [9.17, 15) is 4.79 Å². The highest BCUT2D eigenvalue weighted by Gasteiger charge is 2.39. The molecule has 0 aromatic heterocycles. The molecule has 0 aromatic rings. The lowest BCUT2D eigenvalue weighted by Gasteiger charge is -2.28. The van der Waals surface area contributed by atoms with Crippen molar-refractivity contribution in [3.63, 3.8) is 0 Å². The first-order valence-electron chi connectivity index (χ1n) is 5.06. The van der Waals surface area contributed by atoms with E-state index in [1.54, 1.807) is 0 Å². The van der Waals surface area contributed by atoms with Crippen LogP contribution in [0.2, 0.25) is 0 Å². The Kier molecular flexibility index (Phi) is 3.50. The van der Waals surface area contributed by atoms with Crippen molar-refractivity contribution in [2.75, 3.05) is 13.7 Å². The first-order chi connectivity index (χ1) is 6.51. The number of rotatable bonds is 5. The van der Waals surface area contributed by atoms with Gasteiger partial charge < -0.3 is 15.8 Å². The van der Waals surface area contributed by atoms with Crippen molar-refractivity contribution < 1.29 is 9.53 Å². The number of methoxy groups -OCH3 is 1. The Hall–Kier alpha value is -0.610. The minimum atomic E-state index is -0.520. The zero-order valence-electron chi connectivity index (χ0n) is 9.17. The molecule has 82 valence electrons. The third-order valence-electron chi connectivity index (χ3n) is 2.83. The Bertz CT molecular complexity index is 208. The zero-order valence-corrected chi connectivity index (χ0v) is 9.17. The van der Waals surface area contributed by atoms with E-state index in [2.05, 4.69) is 5.32 Å². The average molecular weight is 200 g/mol. The number of amides is 1. The molecule has 1 fully saturated rings. The molecule has 0 heterocycles. The third-order valence-corrected chi connectivity index (χ3v) is 2.83. The summed E-state index contributed by atoms with van der Waals surface area (Å²) in [6, 6.07) is 0. The molecule has 1 aliphatic carbocycles. The molecule has 1 atom stereocenters. The maximum atomic E-state index is 11.6. The smallest absolute Gasteiger partial charge is 0.250 e. The first kappa shape index (κ1) is 11.5. The zero-order chi connectivity index (χ0) is 10.8. The van der Waals surface area contributed by atoms with Crippen LogP contribution in [-0.2, 0) is 9.53 Å². The number of nitrogens with two attached hydrogens (primary N) is 1. The number of ether oxygens (including phenoxy) is 1. The molecule has 4 heteroatoms. The molecule has 1 saturated carbocycles. The fraction of sp³-hybridized carbons (Fsp3) is 0.900. The lowest BCUT2D eigenvalue weighted by molar-refractivity contribution is -0.132. The second kappa shape index (κ2) is 4.28. The topological polar surface area (TPSA) is 64.3 Å². The van der Waals surface area contributed by atoms with Gasteiger partial charge in [0.2, 0.25) is 0 Å². The van der Waals surface area contributed by atoms with Crippen molar-refractivity contribution in [1.29, 1.82) is 0 Å². The standard InChI is InChI=1S/C10H20N2O2/c1-10(2,7-4-5-7)12-9(13)8(6-11)14-3/h7-8H,4-6,11H2,1-3H3,(H,12,13). The van der Waals surface area contributed by atoms with Gasteiger partial charge in [0.1, 0.15) is 6.10 Å². The highest BCUT2D eigenvalue weighted by molar-refractivity contribution is 5.81. The lowest BCUT2D eigenvalue weighted by atomic mass is 9.98. The van der Waals surface area contributed by atoms with Gasteiger partial charge in [-0.2, -0.15) is 0 Å². The summed E-state index contributed by atoms with van der Waals surface area (Å²) in [6.07, 6.45) is 1.88. The third kappa shape index (κ3) is 2.69. The van der Waals surface area contributed by atoms with Gasteiger partial charge in [0.05, 0.1) is 0 Å². The quantitative estimate of drug-likeness (QED) is 0.669. The van der Waals surface area contributed by atoms with Crippen molar-refractivity contribution in [2.24, 2.45) is 11.7 Å². The van der Waals surface area contributed by atoms with E-state index in [-0.39, 0.29) is 18.0 Å². The van der Waals surface area contributed by atoms with Crippen LogP contribution in [0.15, 0.2) is 0 Å². The van der Waals surface area contributed by atoms with E-state index < -0.39 is 6.10 Å². The van der Waals surface area contributed by atoms with Gasteiger partial charge in [-0.1, -0.05) is 0 Å². The van der Waals surface area contributed by atoms with E-state index in [4.69, 9.17) is 10.5 Å². The molecule has 1 aliphatic rings. The Morgan fingerprint density at radius 2 is 2.21 bits per heavy atom. The van der Waals surface area contributed by atoms with Crippen LogP contribution in [0.3, 0.4) is 0 Å². The van der Waals surface area contributed by atoms with Crippen molar-refractivity contribution in [2.45, 2.75) is 38.3 Å². The van der Waals surface area contributed by atoms with Gasteiger partial charge in [0, 0.05) is 19.2 Å². The number of hydrogen-bond donors (Lipinski definition) is 2. The highest BCUT2D eigenvalue weighted by Crippen LogP contribution is 2.39. The van der Waals surface area contributed by atoms with Gasteiger partial charge >= 0.3 is 0 Å². The first-order valence-corrected chi connectivity index (χ1v) is 5.06. The second-order valence-corrected chi connectivity index (χ2v) is 4.45. The molecule has 0 radical (unpaired) electrons. The molecule has 0 aliphatic heterocycles. The molecule has 1 amide bonds. The van der Waals surface area contributed by atoms with Gasteiger partial charge in [-0.15, -0.1) is 0 Å². The molecule has 14 heavy (non-hydrogen) atoms. The summed E-state index contributed by atoms with van der Waals surface area (Å²) in [5.41, 5.74) is 5.29. The summed E-state index contributed by atoms with van der Waals surface area (Å²) in [5, 5.41) is 2.98. The van der Waals surface area contributed by atoms with Crippen molar-refractivity contribution in [1.82, 2.24) is 5.32 Å². The van der Waals surface area contributed by atoms with Crippen LogP contribution in [0.4, 0.5) is 0 Å². The molecular weight excluding hydrogens is 180 g/mol. The van der Waals surface area contributed by atoms with Crippen LogP contribution in [0.25, 0.3) is 0 Å². The maximum absolute atomic E-state index is 11.6. The molecule has 0 saturated heterocycles. The van der Waals surface area contributed by atoms with Gasteiger partial charge in [-0.05, 0) is 32.6 Å². The Labute approximate surface area is 85.2 Å². The number of hydrogen-bond acceptors (Lipinski definition) is 3. The fourth-order valence-electron chi connectivity index (χ4n) is 1.62. The molecule has 1 rings (SSSR count). The van der Waals surface area contributed by atoms with Crippen LogP contribution >= 0.6 is 0 Å². The highest BCUT2D eigenvalue weighted by atomic mass is 16.5. The number of carbonyl (C=O) groups is 1. The van der Waals surface area contributed by atoms with E-state index in [0.29, 0.717) is 5.92 Å². The number of nitrogens with one attached hydrogen (secondary N) is 1. The van der Waals surface area contributed by atoms with E-state index in [1.807, 2.05) is 13.8 Å². The van der Waals surface area contributed by atoms with Crippen molar-refractivity contribution in [3.05, 3.63) is 0 Å². The van der Waals surface area contributed by atoms with E-state index in [1.165, 1.54) is 20.0 Å². The maximum Gasteiger partial charge on any atom is 0.250 e. The van der Waals surface area contributed by atoms with Crippen molar-refractivity contribution in [3.8, 4) is 0 Å². The Balaban J connectivity index is 2.45. The average Bonchev–Trinajstić information content (AvgIpc) is 2.87. The van der Waals surface area contributed by atoms with Crippen LogP contribution in [0.5, 0.6) is 0 Å². The Morgan fingerprint density at radius 3 is 2.57 bits per heavy atom. The summed E-state index contributed by atoms with van der Waals surface area (Å²) in [4.78, 5) is 11.6. The normalized spacial score (nSPS) is 19.1. The largest absolute Gasteiger partial charge is 0.370 e. The molecule has 1 unspecified atom stereocenters. The number of carbonyl (C=O) groups excluding carboxylic acids is 1. The monoisotopic (exact) mass is 200 g/mol. The molecule has 0 bridgehead atoms.